The molecule has 0 saturated heterocycles. The molecule has 0 aliphatic carbocycles. The minimum absolute atomic E-state index is 0.0109. The summed E-state index contributed by atoms with van der Waals surface area (Å²) in [6, 6.07) is 0.939. The molecule has 4 N–H and O–H groups in total. The number of nitrogens with two attached hydrogens (primary N) is 2. The first-order valence-corrected chi connectivity index (χ1v) is 5.84. The number of hydrogen-bond acceptors (Lipinski definition) is 4. The number of anilines is 1. The monoisotopic (exact) mass is 301 g/mol. The fourth-order valence-corrected chi connectivity index (χ4v) is 2.05. The maximum atomic E-state index is 12.3. The Balaban J connectivity index is 3.52. The van der Waals surface area contributed by atoms with E-state index in [0.29, 0.717) is 0 Å². The largest absolute Gasteiger partial charge is 0.395 e. The fraction of sp³-hybridized carbons (Fsp3) is 0.167. The molecule has 1 aromatic heterocycles. The number of pyridine rings is 1. The highest BCUT2D eigenvalue weighted by molar-refractivity contribution is 9.10. The van der Waals surface area contributed by atoms with Crippen molar-refractivity contribution in [2.75, 3.05) is 5.73 Å². The maximum Gasteiger partial charge on any atom is 0.280 e. The van der Waals surface area contributed by atoms with Crippen LogP contribution in [0, 0.1) is 0 Å². The third-order valence-corrected chi connectivity index (χ3v) is 2.99. The third-order valence-electron chi connectivity index (χ3n) is 1.49. The van der Waals surface area contributed by atoms with E-state index in [1.165, 1.54) is 0 Å². The second-order valence-electron chi connectivity index (χ2n) is 2.59. The summed E-state index contributed by atoms with van der Waals surface area (Å²) in [6.07, 6.45) is -2.90. The van der Waals surface area contributed by atoms with Crippen LogP contribution in [0.2, 0.25) is 0 Å². The van der Waals surface area contributed by atoms with E-state index < -0.39 is 27.2 Å². The Hall–Kier alpha value is -0.800. The second kappa shape index (κ2) is 3.99. The first-order chi connectivity index (χ1) is 6.73. The number of aromatic nitrogens is 1. The van der Waals surface area contributed by atoms with E-state index in [9.17, 15) is 17.2 Å². The fourth-order valence-electron chi connectivity index (χ4n) is 0.848. The highest BCUT2D eigenvalue weighted by atomic mass is 79.9. The molecule has 0 aromatic carbocycles. The third kappa shape index (κ3) is 2.61. The van der Waals surface area contributed by atoms with Crippen LogP contribution in [0.15, 0.2) is 15.6 Å². The minimum Gasteiger partial charge on any atom is -0.395 e. The molecule has 5 nitrogen and oxygen atoms in total. The highest BCUT2D eigenvalue weighted by Gasteiger charge is 2.21. The molecule has 0 spiro atoms. The summed E-state index contributed by atoms with van der Waals surface area (Å²) in [5.74, 6) is 0. The molecular weight excluding hydrogens is 296 g/mol. The first kappa shape index (κ1) is 12.3. The van der Waals surface area contributed by atoms with E-state index in [-0.39, 0.29) is 10.2 Å². The Morgan fingerprint density at radius 2 is 2.00 bits per heavy atom. The molecule has 84 valence electrons. The smallest absolute Gasteiger partial charge is 0.280 e. The zero-order valence-corrected chi connectivity index (χ0v) is 9.52. The molecule has 0 radical (unpaired) electrons. The Labute approximate surface area is 92.7 Å². The number of hydrogen-bond donors (Lipinski definition) is 2. The molecule has 0 saturated carbocycles. The van der Waals surface area contributed by atoms with Crippen LogP contribution in [0.5, 0.6) is 0 Å². The molecule has 15 heavy (non-hydrogen) atoms. The van der Waals surface area contributed by atoms with Crippen LogP contribution in [-0.4, -0.2) is 13.4 Å². The molecule has 0 atom stereocenters. The van der Waals surface area contributed by atoms with Gasteiger partial charge in [0.2, 0.25) is 0 Å². The number of primary sulfonamides is 1. The number of nitrogen functional groups attached to an aromatic ring is 1. The molecule has 0 bridgehead atoms. The Bertz CT molecular complexity index is 491. The van der Waals surface area contributed by atoms with E-state index in [1.54, 1.807) is 0 Å². The lowest BCUT2D eigenvalue weighted by Gasteiger charge is -2.07. The van der Waals surface area contributed by atoms with E-state index in [4.69, 9.17) is 10.9 Å². The van der Waals surface area contributed by atoms with Gasteiger partial charge in [-0.1, -0.05) is 0 Å². The quantitative estimate of drug-likeness (QED) is 0.851. The summed E-state index contributed by atoms with van der Waals surface area (Å²) >= 11 is 2.84. The summed E-state index contributed by atoms with van der Waals surface area (Å²) in [5.41, 5.74) is 4.33. The Morgan fingerprint density at radius 3 is 2.40 bits per heavy atom. The lowest BCUT2D eigenvalue weighted by Crippen LogP contribution is -2.17. The van der Waals surface area contributed by atoms with Gasteiger partial charge in [0.15, 0.2) is 5.03 Å². The normalized spacial score (nSPS) is 12.1. The summed E-state index contributed by atoms with van der Waals surface area (Å²) in [5, 5.41) is 4.00. The lowest BCUT2D eigenvalue weighted by molar-refractivity contribution is 0.145. The van der Waals surface area contributed by atoms with Gasteiger partial charge >= 0.3 is 0 Å². The molecule has 1 heterocycles. The topological polar surface area (TPSA) is 99.1 Å². The minimum atomic E-state index is -4.21. The standard InChI is InChI=1S/C6H6BrF2N3O2S/c7-2-1-3(5(8)9)12-6(4(2)10)15(11,13)14/h1,5H,10H2,(H2,11,13,14). The van der Waals surface area contributed by atoms with Gasteiger partial charge in [0.05, 0.1) is 5.69 Å². The van der Waals surface area contributed by atoms with Crippen molar-refractivity contribution in [1.29, 1.82) is 0 Å². The average Bonchev–Trinajstić information content (AvgIpc) is 2.06. The van der Waals surface area contributed by atoms with Crippen LogP contribution in [0.25, 0.3) is 0 Å². The molecule has 1 rings (SSSR count). The molecule has 9 heteroatoms. The zero-order chi connectivity index (χ0) is 11.8. The molecule has 0 amide bonds. The second-order valence-corrected chi connectivity index (χ2v) is 4.92. The van der Waals surface area contributed by atoms with Gasteiger partial charge in [-0.3, -0.25) is 0 Å². The van der Waals surface area contributed by atoms with Gasteiger partial charge in [0.1, 0.15) is 5.69 Å². The molecular formula is C6H6BrF2N3O2S. The van der Waals surface area contributed by atoms with Crippen LogP contribution in [0.3, 0.4) is 0 Å². The summed E-state index contributed by atoms with van der Waals surface area (Å²) in [6.45, 7) is 0. The number of rotatable bonds is 2. The zero-order valence-electron chi connectivity index (χ0n) is 7.12. The molecule has 0 aliphatic rings. The van der Waals surface area contributed by atoms with Gasteiger partial charge in [-0.05, 0) is 22.0 Å². The summed E-state index contributed by atoms with van der Waals surface area (Å²) in [4.78, 5) is 3.19. The van der Waals surface area contributed by atoms with Gasteiger partial charge in [0, 0.05) is 4.47 Å². The van der Waals surface area contributed by atoms with E-state index in [1.807, 2.05) is 0 Å². The SMILES string of the molecule is Nc1c(Br)cc(C(F)F)nc1S(N)(=O)=O. The lowest BCUT2D eigenvalue weighted by atomic mass is 10.3. The van der Waals surface area contributed by atoms with Crippen molar-refractivity contribution in [2.45, 2.75) is 11.5 Å². The van der Waals surface area contributed by atoms with Crippen molar-refractivity contribution in [3.05, 3.63) is 16.2 Å². The van der Waals surface area contributed by atoms with Crippen molar-refractivity contribution in [3.63, 3.8) is 0 Å². The number of sulfonamides is 1. The van der Waals surface area contributed by atoms with Crippen molar-refractivity contribution in [2.24, 2.45) is 5.14 Å². The van der Waals surface area contributed by atoms with E-state index >= 15 is 0 Å². The van der Waals surface area contributed by atoms with E-state index in [2.05, 4.69) is 20.9 Å². The Kier molecular flexibility index (Phi) is 3.26. The van der Waals surface area contributed by atoms with Crippen molar-refractivity contribution >= 4 is 31.6 Å². The van der Waals surface area contributed by atoms with Crippen LogP contribution in [0.1, 0.15) is 12.1 Å². The van der Waals surface area contributed by atoms with Gasteiger partial charge in [0.25, 0.3) is 16.4 Å². The van der Waals surface area contributed by atoms with Gasteiger partial charge in [-0.2, -0.15) is 0 Å². The van der Waals surface area contributed by atoms with Crippen LogP contribution < -0.4 is 10.9 Å². The van der Waals surface area contributed by atoms with Gasteiger partial charge in [-0.25, -0.2) is 27.3 Å². The van der Waals surface area contributed by atoms with Gasteiger partial charge in [-0.15, -0.1) is 0 Å². The summed E-state index contributed by atoms with van der Waals surface area (Å²) in [7, 11) is -4.21. The number of alkyl halides is 2. The maximum absolute atomic E-state index is 12.3. The molecule has 0 fully saturated rings. The predicted molar refractivity (Wildman–Crippen MR) is 52.7 cm³/mol. The van der Waals surface area contributed by atoms with Gasteiger partial charge < -0.3 is 5.73 Å². The van der Waals surface area contributed by atoms with Crippen molar-refractivity contribution < 1.29 is 17.2 Å². The molecule has 1 aromatic rings. The van der Waals surface area contributed by atoms with E-state index in [0.717, 1.165) is 6.07 Å². The van der Waals surface area contributed by atoms with Crippen LogP contribution >= 0.6 is 15.9 Å². The predicted octanol–water partition coefficient (Wildman–Crippen LogP) is 1.01. The number of halogens is 3. The molecule has 0 unspecified atom stereocenters. The van der Waals surface area contributed by atoms with Crippen molar-refractivity contribution in [1.82, 2.24) is 4.98 Å². The Morgan fingerprint density at radius 1 is 1.47 bits per heavy atom. The summed E-state index contributed by atoms with van der Waals surface area (Å²) < 4.78 is 46.5. The van der Waals surface area contributed by atoms with Crippen LogP contribution in [-0.2, 0) is 10.0 Å². The van der Waals surface area contributed by atoms with Crippen molar-refractivity contribution in [3.8, 4) is 0 Å². The average molecular weight is 302 g/mol. The van der Waals surface area contributed by atoms with Crippen LogP contribution in [0.4, 0.5) is 14.5 Å². The first-order valence-electron chi connectivity index (χ1n) is 3.50. The number of nitrogens with zero attached hydrogens (tertiary/aromatic N) is 1. The molecule has 0 aliphatic heterocycles. The highest BCUT2D eigenvalue weighted by Crippen LogP contribution is 2.29.